The van der Waals surface area contributed by atoms with Gasteiger partial charge in [0.25, 0.3) is 31.2 Å². The number of pyridine rings is 2. The Morgan fingerprint density at radius 2 is 1.01 bits per heavy atom. The second-order valence-electron chi connectivity index (χ2n) is 18.5. The molecule has 0 aliphatic rings. The Morgan fingerprint density at radius 3 is 1.44 bits per heavy atom. The first-order valence-corrected chi connectivity index (χ1v) is 29.1. The normalized spacial score (nSPS) is 11.8. The van der Waals surface area contributed by atoms with E-state index in [9.17, 15) is 67.4 Å². The van der Waals surface area contributed by atoms with Crippen molar-refractivity contribution in [2.45, 2.75) is 21.8 Å². The van der Waals surface area contributed by atoms with Crippen LogP contribution in [-0.4, -0.2) is 72.1 Å². The van der Waals surface area contributed by atoms with E-state index in [-0.39, 0.29) is 83.4 Å². The highest BCUT2D eigenvalue weighted by Crippen LogP contribution is 2.37. The molecule has 4 N–H and O–H groups in total. The highest BCUT2D eigenvalue weighted by atomic mass is 32.2. The van der Waals surface area contributed by atoms with Crippen molar-refractivity contribution >= 4 is 63.6 Å². The van der Waals surface area contributed by atoms with Crippen molar-refractivity contribution in [3.63, 3.8) is 0 Å². The summed E-state index contributed by atoms with van der Waals surface area (Å²) >= 11 is 0. The van der Waals surface area contributed by atoms with Crippen molar-refractivity contribution in [1.29, 1.82) is 0 Å². The summed E-state index contributed by atoms with van der Waals surface area (Å²) < 4.78 is 216. The second-order valence-corrected chi connectivity index (χ2v) is 23.5. The number of phenolic OH excluding ortho intramolecular Hbond substituents is 2. The summed E-state index contributed by atoms with van der Waals surface area (Å²) in [6.45, 7) is -0.0922. The number of aromatic hydroxyl groups is 2. The average molecular weight is 1300 g/mol. The maximum atomic E-state index is 15.3. The van der Waals surface area contributed by atoms with Crippen molar-refractivity contribution in [3.8, 4) is 50.9 Å². The van der Waals surface area contributed by atoms with Gasteiger partial charge in [0.1, 0.15) is 64.7 Å². The summed E-state index contributed by atoms with van der Waals surface area (Å²) in [6, 6.07) is 30.8. The quantitative estimate of drug-likeness (QED) is 0.0474. The lowest BCUT2D eigenvalue weighted by molar-refractivity contribution is -0.0510. The van der Waals surface area contributed by atoms with E-state index in [1.165, 1.54) is 80.3 Å². The van der Waals surface area contributed by atoms with Crippen molar-refractivity contribution in [2.24, 2.45) is 0 Å². The van der Waals surface area contributed by atoms with Crippen molar-refractivity contribution < 1.29 is 93.3 Å². The molecule has 11 aromatic rings. The Bertz CT molecular complexity index is 4960. The van der Waals surface area contributed by atoms with E-state index in [1.54, 1.807) is 24.3 Å². The number of anilines is 2. The van der Waals surface area contributed by atoms with E-state index in [2.05, 4.69) is 19.6 Å². The molecule has 32 heteroatoms. The standard InChI is InChI=1S/C32H22F3N3O6S.C24H14F3N3O5S.CHF3O3S/c1-43-24-5-2-19(3-6-24)18-37(31-10-11-44-36-31)45(41,42)25-7-8-28-20(14-25)4-9-32(40)38(28)29-17-27(35)26(16-30(29)39)21-12-22(33)15-23(34)13-21;25-15-7-14(8-16(26)10-15)18-11-22(31)21(12-19(18)27)30-20-3-2-17(9-13(20)1-4-24(30)32)36(33,34)29-23-5-6-35-28-23;2-1(3,4)8(5,6)7/h2-17,39H,18H2,1H3;1-12,31H,(H,28,29);(H,5,6,7). The van der Waals surface area contributed by atoms with E-state index in [1.807, 2.05) is 0 Å². The maximum Gasteiger partial charge on any atom is 0.522 e. The number of nitrogens with zero attached hydrogens (tertiary/aromatic N) is 5. The Balaban J connectivity index is 0.000000192. The van der Waals surface area contributed by atoms with E-state index < -0.39 is 93.2 Å². The van der Waals surface area contributed by atoms with E-state index in [0.717, 1.165) is 74.1 Å². The molecule has 11 rings (SSSR count). The molecule has 89 heavy (non-hydrogen) atoms. The lowest BCUT2D eigenvalue weighted by Crippen LogP contribution is -2.31. The number of aromatic nitrogens is 4. The van der Waals surface area contributed by atoms with Crippen molar-refractivity contribution in [1.82, 2.24) is 19.4 Å². The topological polar surface area (TPSA) is 284 Å². The zero-order chi connectivity index (χ0) is 64.5. The Hall–Kier alpha value is -10.4. The fourth-order valence-corrected chi connectivity index (χ4v) is 11.2. The number of rotatable bonds is 13. The highest BCUT2D eigenvalue weighted by Gasteiger charge is 2.44. The molecule has 0 radical (unpaired) electrons. The van der Waals surface area contributed by atoms with Crippen LogP contribution in [-0.2, 0) is 36.7 Å². The summed E-state index contributed by atoms with van der Waals surface area (Å²) in [5.41, 5.74) is -7.25. The Kier molecular flexibility index (Phi) is 17.5. The number of ether oxygens (including phenoxy) is 1. The van der Waals surface area contributed by atoms with Gasteiger partial charge in [0, 0.05) is 70.4 Å². The predicted octanol–water partition coefficient (Wildman–Crippen LogP) is 11.1. The molecule has 7 aromatic carbocycles. The van der Waals surface area contributed by atoms with Gasteiger partial charge in [-0.1, -0.05) is 22.4 Å². The van der Waals surface area contributed by atoms with Gasteiger partial charge in [-0.25, -0.2) is 47.5 Å². The van der Waals surface area contributed by atoms with Crippen LogP contribution in [0.1, 0.15) is 5.56 Å². The number of sulfonamides is 2. The smallest absolute Gasteiger partial charge is 0.506 e. The van der Waals surface area contributed by atoms with Crippen molar-refractivity contribution in [3.05, 3.63) is 231 Å². The monoisotopic (exact) mass is 1300 g/mol. The van der Waals surface area contributed by atoms with Gasteiger partial charge in [-0.2, -0.15) is 21.6 Å². The summed E-state index contributed by atoms with van der Waals surface area (Å²) in [4.78, 5) is 25.4. The van der Waals surface area contributed by atoms with Crippen LogP contribution < -0.4 is 24.9 Å². The van der Waals surface area contributed by atoms with Gasteiger partial charge < -0.3 is 24.0 Å². The number of phenols is 2. The number of alkyl halides is 3. The van der Waals surface area contributed by atoms with Crippen molar-refractivity contribution in [2.75, 3.05) is 16.1 Å². The number of benzene rings is 7. The minimum absolute atomic E-state index is 0.0290. The molecule has 0 saturated heterocycles. The van der Waals surface area contributed by atoms with E-state index in [0.29, 0.717) is 23.4 Å². The molecule has 0 aliphatic heterocycles. The number of fused-ring (bicyclic) bond motifs is 2. The molecule has 4 aromatic heterocycles. The van der Waals surface area contributed by atoms with E-state index in [4.69, 9.17) is 22.2 Å². The third kappa shape index (κ3) is 13.7. The number of hydrogen-bond acceptors (Lipinski definition) is 15. The number of halogens is 9. The molecule has 0 atom stereocenters. The fraction of sp³-hybridized carbons (Fsp3) is 0.0526. The summed E-state index contributed by atoms with van der Waals surface area (Å²) in [6.07, 6.45) is 2.44. The molecule has 0 amide bonds. The first-order valence-electron chi connectivity index (χ1n) is 24.8. The van der Waals surface area contributed by atoms with Gasteiger partial charge >= 0.3 is 15.6 Å². The molecule has 0 bridgehead atoms. The third-order valence-corrected chi connectivity index (χ3v) is 16.4. The average Bonchev–Trinajstić information content (AvgIpc) is 0.882. The maximum absolute atomic E-state index is 15.3. The summed E-state index contributed by atoms with van der Waals surface area (Å²) in [5.74, 6) is -6.14. The lowest BCUT2D eigenvalue weighted by Gasteiger charge is -2.22. The molecule has 20 nitrogen and oxygen atoms in total. The molecule has 4 heterocycles. The zero-order valence-electron chi connectivity index (χ0n) is 44.6. The predicted molar refractivity (Wildman–Crippen MR) is 301 cm³/mol. The fourth-order valence-electron chi connectivity index (χ4n) is 8.70. The first-order chi connectivity index (χ1) is 41.9. The van der Waals surface area contributed by atoms with Crippen LogP contribution in [0.25, 0.3) is 55.4 Å². The largest absolute Gasteiger partial charge is 0.522 e. The molecule has 0 spiro atoms. The van der Waals surface area contributed by atoms with Crippen LogP contribution in [0.3, 0.4) is 0 Å². The van der Waals surface area contributed by atoms with Gasteiger partial charge in [-0.05, 0) is 114 Å². The third-order valence-electron chi connectivity index (χ3n) is 12.7. The molecule has 0 aliphatic carbocycles. The van der Waals surface area contributed by atoms with Crippen LogP contribution in [0.5, 0.6) is 17.2 Å². The van der Waals surface area contributed by atoms with Crippen LogP contribution in [0.15, 0.2) is 199 Å². The van der Waals surface area contributed by atoms with Gasteiger partial charge in [-0.3, -0.25) is 28.0 Å². The number of hydrogen-bond donors (Lipinski definition) is 4. The molecule has 0 unspecified atom stereocenters. The van der Waals surface area contributed by atoms with Gasteiger partial charge in [0.15, 0.2) is 11.6 Å². The van der Waals surface area contributed by atoms with Crippen LogP contribution >= 0.6 is 0 Å². The summed E-state index contributed by atoms with van der Waals surface area (Å²) in [7, 11) is -12.6. The first kappa shape index (κ1) is 63.1. The van der Waals surface area contributed by atoms with Gasteiger partial charge in [0.05, 0.1) is 45.9 Å². The SMILES string of the molecule is COc1ccc(CN(c2ccon2)S(=O)(=O)c2ccc3c(ccc(=O)n3-c3cc(F)c(-c4cc(F)cc(F)c4)cc3O)c2)cc1.O=S(=O)(O)C(F)(F)F.O=c1ccc2cc(S(=O)(=O)Nc3ccon3)ccc2n1-c1cc(F)c(-c2cc(F)cc(F)c2)cc1O. The number of nitrogens with one attached hydrogen (secondary N) is 1. The van der Waals surface area contributed by atoms with Crippen LogP contribution in [0.4, 0.5) is 51.1 Å². The zero-order valence-corrected chi connectivity index (χ0v) is 47.0. The second kappa shape index (κ2) is 24.7. The molecule has 460 valence electrons. The molecule has 0 fully saturated rings. The molecular weight excluding hydrogens is 1260 g/mol. The minimum Gasteiger partial charge on any atom is -0.506 e. The summed E-state index contributed by atoms with van der Waals surface area (Å²) in [5, 5.41) is 29.4. The Labute approximate surface area is 494 Å². The minimum atomic E-state index is -5.84. The van der Waals surface area contributed by atoms with Crippen LogP contribution in [0.2, 0.25) is 0 Å². The van der Waals surface area contributed by atoms with Crippen LogP contribution in [0, 0.1) is 34.9 Å². The van der Waals surface area contributed by atoms with Gasteiger partial charge in [-0.15, -0.1) is 0 Å². The molecular formula is C57H37F9N6O14S3. The highest BCUT2D eigenvalue weighted by molar-refractivity contribution is 7.93. The Morgan fingerprint density at radius 1 is 0.562 bits per heavy atom. The number of methoxy groups -OCH3 is 1. The molecule has 0 saturated carbocycles. The lowest BCUT2D eigenvalue weighted by atomic mass is 10.0. The van der Waals surface area contributed by atoms with Gasteiger partial charge in [0.2, 0.25) is 0 Å². The van der Waals surface area contributed by atoms with E-state index >= 15 is 8.78 Å².